The minimum absolute atomic E-state index is 0.0108. The molecule has 0 saturated carbocycles. The molecule has 1 saturated heterocycles. The first-order chi connectivity index (χ1) is 13.7. The van der Waals surface area contributed by atoms with Crippen molar-refractivity contribution in [1.82, 2.24) is 25.0 Å². The number of hydrogen-bond donors (Lipinski definition) is 2. The average molecular weight is 380 g/mol. The zero-order chi connectivity index (χ0) is 19.3. The largest absolute Gasteiger partial charge is 0.379 e. The molecule has 1 aliphatic rings. The van der Waals surface area contributed by atoms with E-state index in [1.807, 2.05) is 43.4 Å². The molecule has 2 N–H and O–H groups in total. The number of pyridine rings is 1. The van der Waals surface area contributed by atoms with E-state index in [1.54, 1.807) is 17.1 Å². The van der Waals surface area contributed by atoms with Gasteiger partial charge < -0.3 is 15.4 Å². The van der Waals surface area contributed by atoms with Gasteiger partial charge in [-0.3, -0.25) is 14.6 Å². The number of amides is 2. The highest BCUT2D eigenvalue weighted by atomic mass is 16.5. The SMILES string of the molecule is Cn1ncc2cc(NC(=O)NCC(c3ccccn3)N3CCOCC3)ccc21. The van der Waals surface area contributed by atoms with E-state index in [0.717, 1.165) is 35.4 Å². The van der Waals surface area contributed by atoms with Crippen molar-refractivity contribution in [2.24, 2.45) is 7.05 Å². The number of hydrogen-bond acceptors (Lipinski definition) is 5. The van der Waals surface area contributed by atoms with Crippen molar-refractivity contribution in [2.45, 2.75) is 6.04 Å². The lowest BCUT2D eigenvalue weighted by atomic mass is 10.1. The lowest BCUT2D eigenvalue weighted by Crippen LogP contribution is -2.44. The number of ether oxygens (including phenoxy) is 1. The molecular weight excluding hydrogens is 356 g/mol. The lowest BCUT2D eigenvalue weighted by Gasteiger charge is -2.34. The summed E-state index contributed by atoms with van der Waals surface area (Å²) >= 11 is 0. The number of fused-ring (bicyclic) bond motifs is 1. The summed E-state index contributed by atoms with van der Waals surface area (Å²) in [6, 6.07) is 11.4. The topological polar surface area (TPSA) is 84.3 Å². The molecule has 146 valence electrons. The molecule has 1 atom stereocenters. The van der Waals surface area contributed by atoms with Gasteiger partial charge in [0.15, 0.2) is 0 Å². The number of urea groups is 1. The Morgan fingerprint density at radius 2 is 2.11 bits per heavy atom. The van der Waals surface area contributed by atoms with Crippen molar-refractivity contribution in [2.75, 3.05) is 38.2 Å². The van der Waals surface area contributed by atoms with Crippen LogP contribution in [0, 0.1) is 0 Å². The van der Waals surface area contributed by atoms with E-state index in [2.05, 4.69) is 25.6 Å². The third-order valence-electron chi connectivity index (χ3n) is 4.98. The Morgan fingerprint density at radius 1 is 1.25 bits per heavy atom. The van der Waals surface area contributed by atoms with Gasteiger partial charge >= 0.3 is 6.03 Å². The molecule has 8 nitrogen and oxygen atoms in total. The summed E-state index contributed by atoms with van der Waals surface area (Å²) in [5, 5.41) is 11.1. The predicted molar refractivity (Wildman–Crippen MR) is 107 cm³/mol. The summed E-state index contributed by atoms with van der Waals surface area (Å²) in [5.74, 6) is 0. The second-order valence-electron chi connectivity index (χ2n) is 6.80. The van der Waals surface area contributed by atoms with E-state index in [9.17, 15) is 4.79 Å². The third-order valence-corrected chi connectivity index (χ3v) is 4.98. The molecule has 2 amide bonds. The maximum Gasteiger partial charge on any atom is 0.319 e. The summed E-state index contributed by atoms with van der Waals surface area (Å²) in [6.07, 6.45) is 3.57. The van der Waals surface area contributed by atoms with Crippen LogP contribution in [0.25, 0.3) is 10.9 Å². The fourth-order valence-electron chi connectivity index (χ4n) is 3.49. The van der Waals surface area contributed by atoms with Gasteiger partial charge in [0.25, 0.3) is 0 Å². The Kier molecular flexibility index (Phi) is 5.50. The monoisotopic (exact) mass is 380 g/mol. The van der Waals surface area contributed by atoms with Crippen molar-refractivity contribution < 1.29 is 9.53 Å². The van der Waals surface area contributed by atoms with E-state index in [1.165, 1.54) is 0 Å². The number of nitrogens with zero attached hydrogens (tertiary/aromatic N) is 4. The molecule has 3 heterocycles. The molecule has 0 radical (unpaired) electrons. The van der Waals surface area contributed by atoms with Crippen LogP contribution in [0.3, 0.4) is 0 Å². The lowest BCUT2D eigenvalue weighted by molar-refractivity contribution is 0.0159. The van der Waals surface area contributed by atoms with Crippen molar-refractivity contribution in [3.63, 3.8) is 0 Å². The normalized spacial score (nSPS) is 16.0. The van der Waals surface area contributed by atoms with Gasteiger partial charge in [-0.2, -0.15) is 5.10 Å². The standard InChI is InChI=1S/C20H24N6O2/c1-25-18-6-5-16(12-15(18)13-23-25)24-20(27)22-14-19(17-4-2-3-7-21-17)26-8-10-28-11-9-26/h2-7,12-13,19H,8-11,14H2,1H3,(H2,22,24,27). The molecule has 0 aliphatic carbocycles. The van der Waals surface area contributed by atoms with Crippen molar-refractivity contribution in [3.05, 3.63) is 54.5 Å². The summed E-state index contributed by atoms with van der Waals surface area (Å²) in [7, 11) is 1.89. The molecule has 28 heavy (non-hydrogen) atoms. The Balaban J connectivity index is 1.41. The van der Waals surface area contributed by atoms with Gasteiger partial charge in [0.2, 0.25) is 0 Å². The van der Waals surface area contributed by atoms with Crippen molar-refractivity contribution >= 4 is 22.6 Å². The van der Waals surface area contributed by atoms with Crippen molar-refractivity contribution in [3.8, 4) is 0 Å². The van der Waals surface area contributed by atoms with Crippen molar-refractivity contribution in [1.29, 1.82) is 0 Å². The predicted octanol–water partition coefficient (Wildman–Crippen LogP) is 2.16. The highest BCUT2D eigenvalue weighted by Crippen LogP contribution is 2.20. The molecule has 3 aromatic rings. The summed E-state index contributed by atoms with van der Waals surface area (Å²) < 4.78 is 7.26. The number of carbonyl (C=O) groups is 1. The summed E-state index contributed by atoms with van der Waals surface area (Å²) in [6.45, 7) is 3.50. The Labute approximate surface area is 163 Å². The van der Waals surface area contributed by atoms with Crippen LogP contribution in [0.5, 0.6) is 0 Å². The fraction of sp³-hybridized carbons (Fsp3) is 0.350. The first-order valence-corrected chi connectivity index (χ1v) is 9.40. The van der Waals surface area contributed by atoms with E-state index in [4.69, 9.17) is 4.74 Å². The van der Waals surface area contributed by atoms with Crippen LogP contribution in [0.4, 0.5) is 10.5 Å². The van der Waals surface area contributed by atoms with Gasteiger partial charge in [0.1, 0.15) is 0 Å². The van der Waals surface area contributed by atoms with Gasteiger partial charge in [-0.25, -0.2) is 4.79 Å². The van der Waals surface area contributed by atoms with Crippen LogP contribution in [0.2, 0.25) is 0 Å². The summed E-state index contributed by atoms with van der Waals surface area (Å²) in [4.78, 5) is 19.3. The zero-order valence-electron chi connectivity index (χ0n) is 15.8. The molecule has 1 aliphatic heterocycles. The summed E-state index contributed by atoms with van der Waals surface area (Å²) in [5.41, 5.74) is 2.70. The molecule has 8 heteroatoms. The molecule has 4 rings (SSSR count). The second kappa shape index (κ2) is 8.37. The maximum atomic E-state index is 12.5. The molecule has 2 aromatic heterocycles. The Bertz CT molecular complexity index is 936. The van der Waals surface area contributed by atoms with Gasteiger partial charge in [0.05, 0.1) is 36.7 Å². The van der Waals surface area contributed by atoms with E-state index in [0.29, 0.717) is 19.8 Å². The van der Waals surface area contributed by atoms with Crippen LogP contribution in [-0.2, 0) is 11.8 Å². The number of aromatic nitrogens is 3. The minimum Gasteiger partial charge on any atom is -0.379 e. The first-order valence-electron chi connectivity index (χ1n) is 9.40. The molecule has 1 aromatic carbocycles. The van der Waals surface area contributed by atoms with Crippen LogP contribution in [0.1, 0.15) is 11.7 Å². The highest BCUT2D eigenvalue weighted by molar-refractivity contribution is 5.92. The average Bonchev–Trinajstić information content (AvgIpc) is 3.10. The number of benzene rings is 1. The molecule has 0 spiro atoms. The molecule has 0 bridgehead atoms. The number of morpholine rings is 1. The third kappa shape index (κ3) is 4.13. The number of carbonyl (C=O) groups excluding carboxylic acids is 1. The van der Waals surface area contributed by atoms with E-state index in [-0.39, 0.29) is 12.1 Å². The van der Waals surface area contributed by atoms with E-state index < -0.39 is 0 Å². The number of aryl methyl sites for hydroxylation is 1. The van der Waals surface area contributed by atoms with E-state index >= 15 is 0 Å². The zero-order valence-corrected chi connectivity index (χ0v) is 15.8. The van der Waals surface area contributed by atoms with Gasteiger partial charge in [-0.15, -0.1) is 0 Å². The number of nitrogens with one attached hydrogen (secondary N) is 2. The highest BCUT2D eigenvalue weighted by Gasteiger charge is 2.24. The van der Waals surface area contributed by atoms with Crippen LogP contribution in [0.15, 0.2) is 48.8 Å². The number of rotatable bonds is 5. The van der Waals surface area contributed by atoms with Gasteiger partial charge in [-0.05, 0) is 30.3 Å². The molecule has 1 fully saturated rings. The van der Waals surface area contributed by atoms with Crippen LogP contribution < -0.4 is 10.6 Å². The van der Waals surface area contributed by atoms with Gasteiger partial charge in [-0.1, -0.05) is 6.07 Å². The minimum atomic E-state index is -0.238. The fourth-order valence-corrected chi connectivity index (χ4v) is 3.49. The maximum absolute atomic E-state index is 12.5. The van der Waals surface area contributed by atoms with Gasteiger partial charge in [0, 0.05) is 44.0 Å². The molecule has 1 unspecified atom stereocenters. The number of anilines is 1. The smallest absolute Gasteiger partial charge is 0.319 e. The van der Waals surface area contributed by atoms with Crippen LogP contribution >= 0.6 is 0 Å². The molecular formula is C20H24N6O2. The van der Waals surface area contributed by atoms with Crippen LogP contribution in [-0.4, -0.2) is 58.5 Å². The Hall–Kier alpha value is -2.97. The Morgan fingerprint density at radius 3 is 2.89 bits per heavy atom. The quantitative estimate of drug-likeness (QED) is 0.709. The second-order valence-corrected chi connectivity index (χ2v) is 6.80. The first kappa shape index (κ1) is 18.4.